The average molecular weight is 427 g/mol. The van der Waals surface area contributed by atoms with Crippen molar-refractivity contribution in [3.8, 4) is 11.5 Å². The lowest BCUT2D eigenvalue weighted by molar-refractivity contribution is -0.128. The molecule has 2 aromatic rings. The maximum absolute atomic E-state index is 12.6. The van der Waals surface area contributed by atoms with Crippen molar-refractivity contribution in [2.75, 3.05) is 6.61 Å². The standard InChI is InChI=1S/C25H34N2O4/c1-6-18(5)21-10-8-9-11-23(21)31-22(7-2)25(29)27-26-24(28)19-12-14-20(15-13-19)30-16-17(3)4/h8-15,17-18,22H,6-7,16H2,1-5H3,(H,26,28)(H,27,29). The van der Waals surface area contributed by atoms with E-state index in [1.165, 1.54) is 0 Å². The lowest BCUT2D eigenvalue weighted by atomic mass is 9.98. The smallest absolute Gasteiger partial charge is 0.279 e. The molecule has 0 aliphatic carbocycles. The molecule has 0 saturated carbocycles. The first-order valence-electron chi connectivity index (χ1n) is 10.9. The van der Waals surface area contributed by atoms with Gasteiger partial charge in [0, 0.05) is 5.56 Å². The molecular formula is C25H34N2O4. The molecule has 6 nitrogen and oxygen atoms in total. The highest BCUT2D eigenvalue weighted by atomic mass is 16.5. The SMILES string of the molecule is CCC(Oc1ccccc1C(C)CC)C(=O)NNC(=O)c1ccc(OCC(C)C)cc1. The van der Waals surface area contributed by atoms with Gasteiger partial charge in [-0.1, -0.05) is 52.8 Å². The van der Waals surface area contributed by atoms with E-state index in [2.05, 4.69) is 38.5 Å². The highest BCUT2D eigenvalue weighted by molar-refractivity contribution is 5.95. The molecule has 0 radical (unpaired) electrons. The summed E-state index contributed by atoms with van der Waals surface area (Å²) in [5, 5.41) is 0. The van der Waals surface area contributed by atoms with Crippen LogP contribution in [0.4, 0.5) is 0 Å². The number of hydrazine groups is 1. The number of carbonyl (C=O) groups is 2. The van der Waals surface area contributed by atoms with Crippen molar-refractivity contribution in [2.24, 2.45) is 5.92 Å². The van der Waals surface area contributed by atoms with E-state index in [9.17, 15) is 9.59 Å². The van der Waals surface area contributed by atoms with Crippen molar-refractivity contribution in [3.63, 3.8) is 0 Å². The van der Waals surface area contributed by atoms with E-state index in [1.807, 2.05) is 31.2 Å². The fourth-order valence-electron chi connectivity index (χ4n) is 2.93. The van der Waals surface area contributed by atoms with Gasteiger partial charge in [0.2, 0.25) is 0 Å². The van der Waals surface area contributed by atoms with Crippen molar-refractivity contribution >= 4 is 11.8 Å². The zero-order valence-electron chi connectivity index (χ0n) is 19.1. The molecule has 31 heavy (non-hydrogen) atoms. The Morgan fingerprint density at radius 1 is 0.903 bits per heavy atom. The normalized spacial score (nSPS) is 12.7. The Labute approximate surface area is 185 Å². The van der Waals surface area contributed by atoms with Crippen molar-refractivity contribution in [3.05, 3.63) is 59.7 Å². The summed E-state index contributed by atoms with van der Waals surface area (Å²) in [6, 6.07) is 14.5. The molecule has 168 valence electrons. The zero-order valence-corrected chi connectivity index (χ0v) is 19.1. The van der Waals surface area contributed by atoms with Crippen LogP contribution in [0.2, 0.25) is 0 Å². The predicted molar refractivity (Wildman–Crippen MR) is 122 cm³/mol. The second-order valence-corrected chi connectivity index (χ2v) is 8.03. The molecule has 6 heteroatoms. The lowest BCUT2D eigenvalue weighted by Crippen LogP contribution is -2.48. The summed E-state index contributed by atoms with van der Waals surface area (Å²) in [7, 11) is 0. The van der Waals surface area contributed by atoms with Gasteiger partial charge in [-0.15, -0.1) is 0 Å². The predicted octanol–water partition coefficient (Wildman–Crippen LogP) is 4.85. The molecule has 0 spiro atoms. The van der Waals surface area contributed by atoms with E-state index in [4.69, 9.17) is 9.47 Å². The first-order valence-corrected chi connectivity index (χ1v) is 10.9. The molecule has 0 saturated heterocycles. The van der Waals surface area contributed by atoms with Crippen LogP contribution in [-0.2, 0) is 4.79 Å². The van der Waals surface area contributed by atoms with Crippen LogP contribution in [0.5, 0.6) is 11.5 Å². The Morgan fingerprint density at radius 3 is 2.19 bits per heavy atom. The number of carbonyl (C=O) groups excluding carboxylic acids is 2. The Bertz CT molecular complexity index is 849. The first-order chi connectivity index (χ1) is 14.8. The van der Waals surface area contributed by atoms with E-state index in [0.29, 0.717) is 41.9 Å². The van der Waals surface area contributed by atoms with Crippen molar-refractivity contribution in [2.45, 2.75) is 59.5 Å². The third-order valence-electron chi connectivity index (χ3n) is 4.99. The monoisotopic (exact) mass is 426 g/mol. The fourth-order valence-corrected chi connectivity index (χ4v) is 2.93. The average Bonchev–Trinajstić information content (AvgIpc) is 2.79. The summed E-state index contributed by atoms with van der Waals surface area (Å²) in [6.07, 6.45) is 0.733. The molecule has 2 rings (SSSR count). The van der Waals surface area contributed by atoms with Gasteiger partial charge in [-0.05, 0) is 60.6 Å². The first kappa shape index (κ1) is 24.3. The van der Waals surface area contributed by atoms with Gasteiger partial charge in [-0.25, -0.2) is 0 Å². The molecule has 0 aliphatic heterocycles. The van der Waals surface area contributed by atoms with Crippen LogP contribution in [0.25, 0.3) is 0 Å². The molecule has 2 N–H and O–H groups in total. The van der Waals surface area contributed by atoms with Crippen molar-refractivity contribution in [1.29, 1.82) is 0 Å². The Kier molecular flexibility index (Phi) is 9.38. The number of amides is 2. The van der Waals surface area contributed by atoms with Crippen molar-refractivity contribution < 1.29 is 19.1 Å². The molecule has 0 fully saturated rings. The summed E-state index contributed by atoms with van der Waals surface area (Å²) < 4.78 is 11.6. The Morgan fingerprint density at radius 2 is 1.58 bits per heavy atom. The van der Waals surface area contributed by atoms with Gasteiger partial charge in [0.1, 0.15) is 11.5 Å². The minimum Gasteiger partial charge on any atom is -0.493 e. The van der Waals surface area contributed by atoms with Gasteiger partial charge < -0.3 is 9.47 Å². The largest absolute Gasteiger partial charge is 0.493 e. The number of hydrogen-bond acceptors (Lipinski definition) is 4. The minimum absolute atomic E-state index is 0.323. The number of hydrogen-bond donors (Lipinski definition) is 2. The molecule has 2 unspecified atom stereocenters. The van der Waals surface area contributed by atoms with Crippen LogP contribution < -0.4 is 20.3 Å². The van der Waals surface area contributed by atoms with Crippen LogP contribution in [0.1, 0.15) is 69.3 Å². The highest BCUT2D eigenvalue weighted by Gasteiger charge is 2.21. The van der Waals surface area contributed by atoms with E-state index < -0.39 is 17.9 Å². The molecule has 2 aromatic carbocycles. The van der Waals surface area contributed by atoms with Gasteiger partial charge in [-0.3, -0.25) is 20.4 Å². The molecule has 0 heterocycles. The summed E-state index contributed by atoms with van der Waals surface area (Å²) in [4.78, 5) is 25.0. The second-order valence-electron chi connectivity index (χ2n) is 8.03. The maximum Gasteiger partial charge on any atom is 0.279 e. The maximum atomic E-state index is 12.6. The summed E-state index contributed by atoms with van der Waals surface area (Å²) in [5.41, 5.74) is 6.43. The Balaban J connectivity index is 1.94. The van der Waals surface area contributed by atoms with E-state index in [-0.39, 0.29) is 0 Å². The van der Waals surface area contributed by atoms with Crippen LogP contribution in [0, 0.1) is 5.92 Å². The van der Waals surface area contributed by atoms with E-state index in [1.54, 1.807) is 24.3 Å². The molecular weight excluding hydrogens is 392 g/mol. The topological polar surface area (TPSA) is 76.7 Å². The summed E-state index contributed by atoms with van der Waals surface area (Å²) >= 11 is 0. The third kappa shape index (κ3) is 7.31. The van der Waals surface area contributed by atoms with Crippen molar-refractivity contribution in [1.82, 2.24) is 10.9 Å². The number of benzene rings is 2. The van der Waals surface area contributed by atoms with Crippen LogP contribution in [-0.4, -0.2) is 24.5 Å². The fraction of sp³-hybridized carbons (Fsp3) is 0.440. The van der Waals surface area contributed by atoms with E-state index in [0.717, 1.165) is 12.0 Å². The van der Waals surface area contributed by atoms with Crippen LogP contribution in [0.3, 0.4) is 0 Å². The Hall–Kier alpha value is -3.02. The van der Waals surface area contributed by atoms with Gasteiger partial charge in [0.15, 0.2) is 6.10 Å². The number of para-hydroxylation sites is 1. The number of rotatable bonds is 10. The molecule has 0 bridgehead atoms. The van der Waals surface area contributed by atoms with Gasteiger partial charge >= 0.3 is 0 Å². The molecule has 2 amide bonds. The second kappa shape index (κ2) is 12.0. The van der Waals surface area contributed by atoms with Gasteiger partial charge in [0.05, 0.1) is 6.61 Å². The number of ether oxygens (including phenoxy) is 2. The summed E-state index contributed by atoms with van der Waals surface area (Å²) in [6.45, 7) is 10.9. The summed E-state index contributed by atoms with van der Waals surface area (Å²) in [5.74, 6) is 1.34. The molecule has 0 aliphatic rings. The highest BCUT2D eigenvalue weighted by Crippen LogP contribution is 2.29. The van der Waals surface area contributed by atoms with Crippen LogP contribution >= 0.6 is 0 Å². The van der Waals surface area contributed by atoms with Gasteiger partial charge in [0.25, 0.3) is 11.8 Å². The van der Waals surface area contributed by atoms with Crippen LogP contribution in [0.15, 0.2) is 48.5 Å². The minimum atomic E-state index is -0.711. The lowest BCUT2D eigenvalue weighted by Gasteiger charge is -2.21. The zero-order chi connectivity index (χ0) is 22.8. The third-order valence-corrected chi connectivity index (χ3v) is 4.99. The molecule has 2 atom stereocenters. The molecule has 0 aromatic heterocycles. The quantitative estimate of drug-likeness (QED) is 0.532. The number of nitrogens with one attached hydrogen (secondary N) is 2. The van der Waals surface area contributed by atoms with E-state index >= 15 is 0 Å². The van der Waals surface area contributed by atoms with Gasteiger partial charge in [-0.2, -0.15) is 0 Å².